The summed E-state index contributed by atoms with van der Waals surface area (Å²) in [5.41, 5.74) is 2.54. The quantitative estimate of drug-likeness (QED) is 0.113. The molecule has 7 amide bonds. The van der Waals surface area contributed by atoms with Gasteiger partial charge in [-0.15, -0.1) is 12.4 Å². The second-order valence-corrected chi connectivity index (χ2v) is 22.2. The largest absolute Gasteiger partial charge is 0.480 e. The molecule has 0 aromatic heterocycles. The van der Waals surface area contributed by atoms with E-state index in [4.69, 9.17) is 34.9 Å². The maximum Gasteiger partial charge on any atom is 0.410 e. The lowest BCUT2D eigenvalue weighted by molar-refractivity contribution is -0.146. The minimum atomic E-state index is -1.06. The number of likely N-dealkylation sites (N-methyl/N-ethyl adjacent to an activating group) is 5. The fourth-order valence-electron chi connectivity index (χ4n) is 4.63. The molecular formula is C52H99ClN8O21. The molecular weight excluding hydrogens is 1110 g/mol. The average molecular weight is 1210 g/mol. The van der Waals surface area contributed by atoms with Gasteiger partial charge in [-0.3, -0.25) is 38.8 Å². The number of halogens is 1. The topological polar surface area (TPSA) is 376 Å². The molecule has 82 heavy (non-hydrogen) atoms. The van der Waals surface area contributed by atoms with E-state index in [0.717, 1.165) is 9.80 Å². The number of carbonyl (C=O) groups is 12. The molecule has 0 aliphatic carbocycles. The van der Waals surface area contributed by atoms with E-state index in [2.05, 4.69) is 24.8 Å². The first-order chi connectivity index (χ1) is 36.2. The molecule has 0 aromatic rings. The van der Waals surface area contributed by atoms with E-state index in [1.54, 1.807) is 104 Å². The normalized spacial score (nSPS) is 13.6. The smallest absolute Gasteiger partial charge is 0.410 e. The van der Waals surface area contributed by atoms with E-state index in [-0.39, 0.29) is 18.4 Å². The van der Waals surface area contributed by atoms with Crippen molar-refractivity contribution in [2.75, 3.05) is 56.6 Å². The number of methoxy groups -OCH3 is 3. The molecule has 30 heteroatoms. The standard InChI is InChI=1S/C17H31N3O6.C13H24N2O5.2C9H17NO4.C4H9NO2.ClH/c1-10(15(23)25-9)18-13(21)11(2)19(7)14(22)12(3)20(8)16(24)26-17(4,5)6;1-8(11(17)19-7)14-10(16)9(2)15(6)12(18)20-13(3,4)5;2*1-6(7(11)12)10(5)8(13)14-9(2,3)4;1-3(5)4(6)7-2;/h10-12H,1-9H3,(H,18,21);8-9H,1-7H3,(H,14,16);2*6H,1-5H3,(H,11,12);3H,5H2,1-2H3;1H/t10-,11-,12+;8-,9-;2*6-;3-;/m11101./s1. The number of carboxylic acids is 2. The summed E-state index contributed by atoms with van der Waals surface area (Å²) in [5, 5.41) is 22.2. The molecule has 0 fully saturated rings. The first kappa shape index (κ1) is 86.4. The summed E-state index contributed by atoms with van der Waals surface area (Å²) in [6.07, 6.45) is -2.51. The number of ether oxygens (including phenoxy) is 7. The van der Waals surface area contributed by atoms with Gasteiger partial charge in [0.05, 0.1) is 21.3 Å². The van der Waals surface area contributed by atoms with Crippen LogP contribution < -0.4 is 16.4 Å². The Labute approximate surface area is 490 Å². The van der Waals surface area contributed by atoms with Crippen LogP contribution in [-0.4, -0.2) is 234 Å². The Morgan fingerprint density at radius 1 is 0.378 bits per heavy atom. The molecule has 0 aliphatic heterocycles. The Bertz CT molecular complexity index is 2040. The SMILES string of the molecule is COC(=O)[C@@H](C)N.COC(=O)[C@@H](C)NC(=O)[C@@H](C)N(C)C(=O)OC(C)(C)C.COC(=O)[C@@H](C)NC(=O)[C@@H](C)N(C)C(=O)[C@H](C)N(C)C(=O)OC(C)(C)C.C[C@@H](C(=O)O)N(C)C(=O)OC(C)(C)C.C[C@H](C(=O)O)N(C)C(=O)OC(C)(C)C.Cl. The van der Waals surface area contributed by atoms with Gasteiger partial charge in [-0.25, -0.2) is 38.4 Å². The predicted molar refractivity (Wildman–Crippen MR) is 303 cm³/mol. The van der Waals surface area contributed by atoms with E-state index in [1.807, 2.05) is 0 Å². The van der Waals surface area contributed by atoms with E-state index in [0.29, 0.717) is 0 Å². The highest BCUT2D eigenvalue weighted by atomic mass is 35.5. The molecule has 6 N–H and O–H groups in total. The zero-order chi connectivity index (χ0) is 65.8. The molecule has 480 valence electrons. The van der Waals surface area contributed by atoms with Gasteiger partial charge in [0.25, 0.3) is 0 Å². The lowest BCUT2D eigenvalue weighted by atomic mass is 10.2. The van der Waals surface area contributed by atoms with Gasteiger partial charge in [0, 0.05) is 35.2 Å². The fourth-order valence-corrected chi connectivity index (χ4v) is 4.63. The zero-order valence-electron chi connectivity index (χ0n) is 53.5. The molecule has 0 rings (SSSR count). The first-order valence-electron chi connectivity index (χ1n) is 25.4. The third-order valence-corrected chi connectivity index (χ3v) is 10.2. The molecule has 0 spiro atoms. The number of rotatable bonds is 15. The number of aliphatic carboxylic acids is 2. The van der Waals surface area contributed by atoms with Crippen molar-refractivity contribution in [3.05, 3.63) is 0 Å². The van der Waals surface area contributed by atoms with Crippen molar-refractivity contribution in [3.63, 3.8) is 0 Å². The summed E-state index contributed by atoms with van der Waals surface area (Å²) in [6.45, 7) is 32.8. The zero-order valence-corrected chi connectivity index (χ0v) is 54.3. The van der Waals surface area contributed by atoms with Crippen LogP contribution in [0.4, 0.5) is 19.2 Å². The van der Waals surface area contributed by atoms with Crippen LogP contribution in [0.2, 0.25) is 0 Å². The van der Waals surface area contributed by atoms with E-state index in [1.165, 1.54) is 106 Å². The van der Waals surface area contributed by atoms with Gasteiger partial charge < -0.3 is 64.6 Å². The average Bonchev–Trinajstić information content (AvgIpc) is 3.33. The summed E-state index contributed by atoms with van der Waals surface area (Å²) in [4.78, 5) is 143. The lowest BCUT2D eigenvalue weighted by Crippen LogP contribution is -2.54. The van der Waals surface area contributed by atoms with Crippen molar-refractivity contribution >= 4 is 84.3 Å². The van der Waals surface area contributed by atoms with Crippen LogP contribution in [0.25, 0.3) is 0 Å². The highest BCUT2D eigenvalue weighted by molar-refractivity contribution is 5.93. The number of hydrogen-bond acceptors (Lipinski definition) is 20. The van der Waals surface area contributed by atoms with E-state index in [9.17, 15) is 57.5 Å². The van der Waals surface area contributed by atoms with Crippen LogP contribution in [0.1, 0.15) is 138 Å². The summed E-state index contributed by atoms with van der Waals surface area (Å²) < 4.78 is 33.7. The number of nitrogens with zero attached hydrogens (tertiary/aromatic N) is 5. The summed E-state index contributed by atoms with van der Waals surface area (Å²) >= 11 is 0. The Balaban J connectivity index is -0.000000231. The van der Waals surface area contributed by atoms with E-state index < -0.39 is 137 Å². The molecule has 0 aliphatic rings. The number of carboxylic acid groups (broad SMARTS) is 2. The lowest BCUT2D eigenvalue weighted by Gasteiger charge is -2.32. The van der Waals surface area contributed by atoms with Crippen molar-refractivity contribution in [1.29, 1.82) is 0 Å². The number of nitrogens with one attached hydrogen (secondary N) is 2. The molecule has 29 nitrogen and oxygen atoms in total. The van der Waals surface area contributed by atoms with Crippen LogP contribution in [0, 0.1) is 0 Å². The van der Waals surface area contributed by atoms with Gasteiger partial charge >= 0.3 is 54.2 Å². The molecule has 0 aromatic carbocycles. The van der Waals surface area contributed by atoms with Gasteiger partial charge in [-0.1, -0.05) is 0 Å². The Morgan fingerprint density at radius 2 is 0.585 bits per heavy atom. The third kappa shape index (κ3) is 38.7. The van der Waals surface area contributed by atoms with Gasteiger partial charge in [0.15, 0.2) is 0 Å². The van der Waals surface area contributed by atoms with Crippen molar-refractivity contribution in [3.8, 4) is 0 Å². The van der Waals surface area contributed by atoms with Crippen LogP contribution in [0.3, 0.4) is 0 Å². The fraction of sp³-hybridized carbons (Fsp3) is 0.769. The maximum absolute atomic E-state index is 12.6. The van der Waals surface area contributed by atoms with Crippen molar-refractivity contribution in [1.82, 2.24) is 35.1 Å². The predicted octanol–water partition coefficient (Wildman–Crippen LogP) is 4.27. The second-order valence-electron chi connectivity index (χ2n) is 22.2. The summed E-state index contributed by atoms with van der Waals surface area (Å²) in [6, 6.07) is -6.31. The number of hydrogen-bond donors (Lipinski definition) is 5. The number of nitrogens with two attached hydrogens (primary N) is 1. The molecule has 8 atom stereocenters. The van der Waals surface area contributed by atoms with Crippen molar-refractivity contribution in [2.24, 2.45) is 5.73 Å². The first-order valence-corrected chi connectivity index (χ1v) is 25.4. The molecule has 0 radical (unpaired) electrons. The second kappa shape index (κ2) is 38.7. The number of carbonyl (C=O) groups excluding carboxylic acids is 10. The van der Waals surface area contributed by atoms with E-state index >= 15 is 0 Å². The minimum absolute atomic E-state index is 0. The third-order valence-electron chi connectivity index (χ3n) is 10.2. The molecule has 0 saturated carbocycles. The monoisotopic (exact) mass is 1210 g/mol. The van der Waals surface area contributed by atoms with Crippen molar-refractivity contribution < 1.29 is 101 Å². The Hall–Kier alpha value is -6.91. The highest BCUT2D eigenvalue weighted by Crippen LogP contribution is 2.15. The maximum atomic E-state index is 12.6. The van der Waals surface area contributed by atoms with Gasteiger partial charge in [-0.05, 0) is 138 Å². The minimum Gasteiger partial charge on any atom is -0.480 e. The number of esters is 3. The van der Waals surface area contributed by atoms with Crippen molar-refractivity contribution in [2.45, 2.75) is 209 Å². The summed E-state index contributed by atoms with van der Waals surface area (Å²) in [7, 11) is 10.9. The number of amides is 7. The highest BCUT2D eigenvalue weighted by Gasteiger charge is 2.34. The van der Waals surface area contributed by atoms with Gasteiger partial charge in [0.1, 0.15) is 70.7 Å². The Morgan fingerprint density at radius 3 is 0.768 bits per heavy atom. The summed E-state index contributed by atoms with van der Waals surface area (Å²) in [5.74, 6) is -5.03. The van der Waals surface area contributed by atoms with Crippen LogP contribution in [0.5, 0.6) is 0 Å². The van der Waals surface area contributed by atoms with Crippen LogP contribution >= 0.6 is 12.4 Å². The molecule has 0 unspecified atom stereocenters. The van der Waals surface area contributed by atoms with Gasteiger partial charge in [0.2, 0.25) is 17.7 Å². The Kier molecular flexibility index (Phi) is 40.8. The van der Waals surface area contributed by atoms with Gasteiger partial charge in [-0.2, -0.15) is 0 Å². The molecule has 0 heterocycles. The molecule has 0 saturated heterocycles. The van der Waals surface area contributed by atoms with Crippen LogP contribution in [0.15, 0.2) is 0 Å². The van der Waals surface area contributed by atoms with Crippen LogP contribution in [-0.2, 0) is 71.5 Å². The molecule has 0 bridgehead atoms.